The summed E-state index contributed by atoms with van der Waals surface area (Å²) in [5, 5.41) is 6.78. The number of para-hydroxylation sites is 1. The van der Waals surface area contributed by atoms with Gasteiger partial charge in [0.1, 0.15) is 17.5 Å². The highest BCUT2D eigenvalue weighted by Gasteiger charge is 2.14. The molecule has 0 saturated carbocycles. The number of nitrogens with one attached hydrogen (secondary N) is 2. The van der Waals surface area contributed by atoms with Gasteiger partial charge in [-0.25, -0.2) is 23.1 Å². The summed E-state index contributed by atoms with van der Waals surface area (Å²) in [5.41, 5.74) is 1.28. The number of hydrogen-bond donors (Lipinski definition) is 2. The van der Waals surface area contributed by atoms with Gasteiger partial charge in [-0.3, -0.25) is 4.98 Å². The van der Waals surface area contributed by atoms with E-state index in [1.165, 1.54) is 6.07 Å². The minimum Gasteiger partial charge on any atom is -0.338 e. The molecule has 0 atom stereocenters. The molecule has 0 fully saturated rings. The zero-order valence-electron chi connectivity index (χ0n) is 14.7. The number of pyridine rings is 1. The van der Waals surface area contributed by atoms with Crippen LogP contribution < -0.4 is 10.6 Å². The van der Waals surface area contributed by atoms with Crippen LogP contribution in [-0.4, -0.2) is 15.0 Å². The Balaban J connectivity index is 1.67. The molecule has 0 aliphatic carbocycles. The van der Waals surface area contributed by atoms with Crippen LogP contribution in [0, 0.1) is 24.4 Å². The first-order chi connectivity index (χ1) is 13.5. The van der Waals surface area contributed by atoms with Crippen molar-refractivity contribution in [2.45, 2.75) is 6.92 Å². The van der Waals surface area contributed by atoms with Crippen molar-refractivity contribution in [2.75, 3.05) is 10.6 Å². The molecular formula is C20H14F3N5. The lowest BCUT2D eigenvalue weighted by Crippen LogP contribution is -2.04. The van der Waals surface area contributed by atoms with Gasteiger partial charge in [0.25, 0.3) is 0 Å². The number of fused-ring (bicyclic) bond motifs is 1. The topological polar surface area (TPSA) is 62.7 Å². The molecule has 28 heavy (non-hydrogen) atoms. The van der Waals surface area contributed by atoms with Gasteiger partial charge >= 0.3 is 0 Å². The van der Waals surface area contributed by atoms with E-state index in [1.807, 2.05) is 30.3 Å². The minimum absolute atomic E-state index is 0.227. The summed E-state index contributed by atoms with van der Waals surface area (Å²) in [4.78, 5) is 12.9. The van der Waals surface area contributed by atoms with Gasteiger partial charge in [0.15, 0.2) is 17.5 Å². The summed E-state index contributed by atoms with van der Waals surface area (Å²) < 4.78 is 40.5. The Hall–Kier alpha value is -3.68. The Morgan fingerprint density at radius 1 is 0.786 bits per heavy atom. The van der Waals surface area contributed by atoms with Crippen LogP contribution in [0.3, 0.4) is 0 Å². The first kappa shape index (κ1) is 17.7. The summed E-state index contributed by atoms with van der Waals surface area (Å²) in [6.07, 6.45) is 1.69. The van der Waals surface area contributed by atoms with Gasteiger partial charge in [-0.1, -0.05) is 18.2 Å². The van der Waals surface area contributed by atoms with Crippen molar-refractivity contribution >= 4 is 33.9 Å². The number of aryl methyl sites for hydroxylation is 1. The van der Waals surface area contributed by atoms with Crippen LogP contribution in [0.2, 0.25) is 0 Å². The van der Waals surface area contributed by atoms with Gasteiger partial charge in [0.2, 0.25) is 0 Å². The second-order valence-electron chi connectivity index (χ2n) is 6.04. The van der Waals surface area contributed by atoms with Crippen molar-refractivity contribution < 1.29 is 13.2 Å². The number of benzene rings is 2. The summed E-state index contributed by atoms with van der Waals surface area (Å²) in [6.45, 7) is 1.67. The highest BCUT2D eigenvalue weighted by molar-refractivity contribution is 5.91. The monoisotopic (exact) mass is 381 g/mol. The number of anilines is 4. The first-order valence-electron chi connectivity index (χ1n) is 8.38. The Morgan fingerprint density at radius 2 is 1.50 bits per heavy atom. The second kappa shape index (κ2) is 7.15. The summed E-state index contributed by atoms with van der Waals surface area (Å²) in [7, 11) is 0. The predicted octanol–water partition coefficient (Wildman–Crippen LogP) is 5.24. The lowest BCUT2D eigenvalue weighted by atomic mass is 10.2. The maximum Gasteiger partial charge on any atom is 0.196 e. The SMILES string of the molecule is Cc1nc(Nc2ccc(F)c(F)c2F)cc(Nc2cccc3cccnc23)n1. The van der Waals surface area contributed by atoms with Gasteiger partial charge in [0, 0.05) is 17.6 Å². The van der Waals surface area contributed by atoms with Crippen molar-refractivity contribution in [3.05, 3.63) is 78.0 Å². The van der Waals surface area contributed by atoms with E-state index in [9.17, 15) is 13.2 Å². The maximum atomic E-state index is 13.9. The number of aromatic nitrogens is 3. The van der Waals surface area contributed by atoms with Gasteiger partial charge < -0.3 is 10.6 Å². The molecule has 4 rings (SSSR count). The summed E-state index contributed by atoms with van der Waals surface area (Å²) >= 11 is 0. The van der Waals surface area contributed by atoms with Crippen LogP contribution >= 0.6 is 0 Å². The molecule has 0 amide bonds. The van der Waals surface area contributed by atoms with Gasteiger partial charge in [-0.05, 0) is 31.2 Å². The van der Waals surface area contributed by atoms with Crippen molar-refractivity contribution in [1.29, 1.82) is 0 Å². The average molecular weight is 381 g/mol. The third kappa shape index (κ3) is 3.44. The van der Waals surface area contributed by atoms with E-state index in [0.29, 0.717) is 11.6 Å². The molecule has 0 unspecified atom stereocenters. The fourth-order valence-corrected chi connectivity index (χ4v) is 2.80. The molecule has 2 aromatic carbocycles. The van der Waals surface area contributed by atoms with Crippen molar-refractivity contribution in [1.82, 2.24) is 15.0 Å². The molecule has 0 saturated heterocycles. The van der Waals surface area contributed by atoms with Crippen LogP contribution in [0.5, 0.6) is 0 Å². The molecule has 4 aromatic rings. The molecule has 2 aromatic heterocycles. The molecule has 2 N–H and O–H groups in total. The third-order valence-electron chi connectivity index (χ3n) is 4.03. The van der Waals surface area contributed by atoms with Crippen LogP contribution in [0.15, 0.2) is 54.7 Å². The van der Waals surface area contributed by atoms with Gasteiger partial charge in [0.05, 0.1) is 16.9 Å². The largest absolute Gasteiger partial charge is 0.338 e. The van der Waals surface area contributed by atoms with Crippen LogP contribution in [0.4, 0.5) is 36.2 Å². The van der Waals surface area contributed by atoms with Crippen molar-refractivity contribution in [3.63, 3.8) is 0 Å². The van der Waals surface area contributed by atoms with Crippen LogP contribution in [0.25, 0.3) is 10.9 Å². The molecule has 0 aliphatic heterocycles. The highest BCUT2D eigenvalue weighted by Crippen LogP contribution is 2.27. The number of rotatable bonds is 4. The van der Waals surface area contributed by atoms with E-state index in [0.717, 1.165) is 28.7 Å². The standard InChI is InChI=1S/C20H14F3N5/c1-11-25-16(27-14-8-7-13(21)18(22)19(14)23)10-17(26-11)28-15-6-2-4-12-5-3-9-24-20(12)15/h2-10H,1H3,(H2,25,26,27,28). The van der Waals surface area contributed by atoms with Crippen molar-refractivity contribution in [2.24, 2.45) is 0 Å². The molecule has 0 spiro atoms. The quantitative estimate of drug-likeness (QED) is 0.474. The molecule has 5 nitrogen and oxygen atoms in total. The third-order valence-corrected chi connectivity index (χ3v) is 4.03. The Bertz CT molecular complexity index is 1170. The van der Waals surface area contributed by atoms with Crippen LogP contribution in [0.1, 0.15) is 5.82 Å². The zero-order valence-corrected chi connectivity index (χ0v) is 14.7. The Labute approximate surface area is 158 Å². The lowest BCUT2D eigenvalue weighted by Gasteiger charge is -2.12. The van der Waals surface area contributed by atoms with Crippen LogP contribution in [-0.2, 0) is 0 Å². The Morgan fingerprint density at radius 3 is 2.29 bits per heavy atom. The molecular weight excluding hydrogens is 367 g/mol. The van der Waals surface area contributed by atoms with E-state index in [2.05, 4.69) is 25.6 Å². The highest BCUT2D eigenvalue weighted by atomic mass is 19.2. The predicted molar refractivity (Wildman–Crippen MR) is 101 cm³/mol. The molecule has 140 valence electrons. The van der Waals surface area contributed by atoms with Gasteiger partial charge in [-0.2, -0.15) is 0 Å². The molecule has 2 heterocycles. The molecule has 0 aliphatic rings. The minimum atomic E-state index is -1.55. The van der Waals surface area contributed by atoms with E-state index in [1.54, 1.807) is 13.1 Å². The van der Waals surface area contributed by atoms with E-state index < -0.39 is 17.5 Å². The normalized spacial score (nSPS) is 10.9. The zero-order chi connectivity index (χ0) is 19.7. The maximum absolute atomic E-state index is 13.9. The summed E-state index contributed by atoms with van der Waals surface area (Å²) in [5.74, 6) is -3.04. The fourth-order valence-electron chi connectivity index (χ4n) is 2.80. The van der Waals surface area contributed by atoms with E-state index in [-0.39, 0.29) is 11.5 Å². The Kier molecular flexibility index (Phi) is 4.52. The van der Waals surface area contributed by atoms with E-state index >= 15 is 0 Å². The smallest absolute Gasteiger partial charge is 0.196 e. The van der Waals surface area contributed by atoms with E-state index in [4.69, 9.17) is 0 Å². The first-order valence-corrected chi connectivity index (χ1v) is 8.38. The molecule has 0 radical (unpaired) electrons. The lowest BCUT2D eigenvalue weighted by molar-refractivity contribution is 0.449. The number of halogens is 3. The fraction of sp³-hybridized carbons (Fsp3) is 0.0500. The second-order valence-corrected chi connectivity index (χ2v) is 6.04. The molecule has 0 bridgehead atoms. The van der Waals surface area contributed by atoms with Crippen molar-refractivity contribution in [3.8, 4) is 0 Å². The average Bonchev–Trinajstić information content (AvgIpc) is 2.68. The number of nitrogens with zero attached hydrogens (tertiary/aromatic N) is 3. The van der Waals surface area contributed by atoms with Gasteiger partial charge in [-0.15, -0.1) is 0 Å². The summed E-state index contributed by atoms with van der Waals surface area (Å²) in [6, 6.07) is 13.0. The number of hydrogen-bond acceptors (Lipinski definition) is 5. The molecule has 8 heteroatoms.